The van der Waals surface area contributed by atoms with Gasteiger partial charge >= 0.3 is 0 Å². The van der Waals surface area contributed by atoms with Gasteiger partial charge in [-0.05, 0) is 67.8 Å². The van der Waals surface area contributed by atoms with Crippen LogP contribution in [0.3, 0.4) is 0 Å². The van der Waals surface area contributed by atoms with Gasteiger partial charge in [0.15, 0.2) is 0 Å². The van der Waals surface area contributed by atoms with Crippen molar-refractivity contribution in [2.45, 2.75) is 59.3 Å². The first-order chi connectivity index (χ1) is 22.1. The second kappa shape index (κ2) is 17.3. The number of benzene rings is 4. The summed E-state index contributed by atoms with van der Waals surface area (Å²) in [4.78, 5) is 1.84. The molecular weight excluding hydrogens is 609 g/mol. The van der Waals surface area contributed by atoms with Gasteiger partial charge in [-0.1, -0.05) is 64.3 Å². The lowest BCUT2D eigenvalue weighted by Gasteiger charge is -2.44. The number of unbranched alkanes of at least 4 members (excludes halogenated alkanes) is 3. The van der Waals surface area contributed by atoms with E-state index < -0.39 is 74.5 Å². The Kier molecular flexibility index (Phi) is 13.9. The molecule has 1 nitrogen and oxygen atoms in total. The lowest BCUT2D eigenvalue weighted by Crippen LogP contribution is -3.12. The van der Waals surface area contributed by atoms with E-state index in [4.69, 9.17) is 0 Å². The summed E-state index contributed by atoms with van der Waals surface area (Å²) < 4.78 is 122. The number of hydrogen-bond donors (Lipinski definition) is 1. The minimum Gasteiger partial charge on any atom is -0.335 e. The van der Waals surface area contributed by atoms with E-state index in [-0.39, 0.29) is 0 Å². The van der Waals surface area contributed by atoms with Gasteiger partial charge in [0.1, 0.15) is 6.15 Å². The molecule has 0 aromatic heterocycles. The smallest absolute Gasteiger partial charge is 0.136 e. The second-order valence-corrected chi connectivity index (χ2v) is 11.5. The molecule has 0 atom stereocenters. The third-order valence-electron chi connectivity index (χ3n) is 8.38. The summed E-state index contributed by atoms with van der Waals surface area (Å²) in [6.07, 6.45) is 3.84. The number of nitrogens with one attached hydrogen (secondary N) is 1. The van der Waals surface area contributed by atoms with Crippen molar-refractivity contribution in [3.63, 3.8) is 0 Å². The molecule has 0 bridgehead atoms. The Morgan fingerprint density at radius 1 is 0.391 bits per heavy atom. The molecule has 0 spiro atoms. The Bertz CT molecular complexity index is 1270. The zero-order valence-corrected chi connectivity index (χ0v) is 26.4. The summed E-state index contributed by atoms with van der Waals surface area (Å²) in [5.74, 6) is -12.1. The maximum absolute atomic E-state index is 15.2. The molecule has 0 aliphatic carbocycles. The second-order valence-electron chi connectivity index (χ2n) is 11.5. The van der Waals surface area contributed by atoms with E-state index in [2.05, 4.69) is 20.8 Å². The van der Waals surface area contributed by atoms with E-state index >= 15 is 35.1 Å². The number of quaternary nitrogens is 1. The highest BCUT2D eigenvalue weighted by molar-refractivity contribution is 7.20. The van der Waals surface area contributed by atoms with Gasteiger partial charge in [-0.3, -0.25) is 0 Å². The molecule has 4 aromatic rings. The highest BCUT2D eigenvalue weighted by Crippen LogP contribution is 2.21. The summed E-state index contributed by atoms with van der Waals surface area (Å²) >= 11 is 0. The Labute approximate surface area is 266 Å². The van der Waals surface area contributed by atoms with Crippen LogP contribution in [0.25, 0.3) is 0 Å². The molecule has 248 valence electrons. The summed E-state index contributed by atoms with van der Waals surface area (Å²) in [5, 5.41) is 0. The van der Waals surface area contributed by atoms with Crippen LogP contribution in [0.5, 0.6) is 0 Å². The van der Waals surface area contributed by atoms with Crippen LogP contribution in [0, 0.1) is 46.5 Å². The van der Waals surface area contributed by atoms with Crippen LogP contribution in [-0.2, 0) is 0 Å². The Hall–Kier alpha value is -3.66. The van der Waals surface area contributed by atoms with E-state index in [0.29, 0.717) is 48.5 Å². The highest BCUT2D eigenvalue weighted by atomic mass is 19.2. The molecule has 0 unspecified atom stereocenters. The fourth-order valence-electron chi connectivity index (χ4n) is 6.22. The molecule has 0 heterocycles. The van der Waals surface area contributed by atoms with Crippen molar-refractivity contribution in [3.8, 4) is 0 Å². The zero-order chi connectivity index (χ0) is 33.9. The molecule has 0 saturated heterocycles. The van der Waals surface area contributed by atoms with Crippen LogP contribution in [-0.4, -0.2) is 25.8 Å². The Balaban J connectivity index is 0.000000376. The third-order valence-corrected chi connectivity index (χ3v) is 8.38. The van der Waals surface area contributed by atoms with E-state index in [1.54, 1.807) is 0 Å². The first-order valence-electron chi connectivity index (χ1n) is 15.8. The minimum atomic E-state index is -4.42. The predicted octanol–water partition coefficient (Wildman–Crippen LogP) is 6.45. The van der Waals surface area contributed by atoms with E-state index in [1.165, 1.54) is 58.2 Å². The first kappa shape index (κ1) is 36.8. The van der Waals surface area contributed by atoms with Crippen molar-refractivity contribution in [1.82, 2.24) is 0 Å². The van der Waals surface area contributed by atoms with Crippen LogP contribution in [0.2, 0.25) is 0 Å². The molecule has 0 radical (unpaired) electrons. The van der Waals surface area contributed by atoms with Crippen molar-refractivity contribution in [3.05, 3.63) is 119 Å². The van der Waals surface area contributed by atoms with Crippen LogP contribution < -0.4 is 26.8 Å². The summed E-state index contributed by atoms with van der Waals surface area (Å²) in [5.41, 5.74) is -5.19. The van der Waals surface area contributed by atoms with Crippen molar-refractivity contribution in [1.29, 1.82) is 0 Å². The summed E-state index contributed by atoms with van der Waals surface area (Å²) in [7, 11) is 0. The number of halogens is 8. The Morgan fingerprint density at radius 3 is 0.761 bits per heavy atom. The normalized spacial score (nSPS) is 11.5. The standard InChI is InChI=1S/C24H12BF8.C12H27N/c26-13-5-1-6-14(27)21(13)25(22-15(28)7-2-8-16(22)29,23-17(30)9-3-10-18(23)31)24-19(32)11-4-12-20(24)33;1-4-7-10-13(11-8-5-2)12-9-6-3/h1-12H;4-12H2,1-3H3/q-1;/p+1. The van der Waals surface area contributed by atoms with E-state index in [9.17, 15) is 0 Å². The van der Waals surface area contributed by atoms with Crippen LogP contribution >= 0.6 is 0 Å². The fraction of sp³-hybridized carbons (Fsp3) is 0.333. The maximum atomic E-state index is 15.2. The van der Waals surface area contributed by atoms with Gasteiger partial charge in [-0.15, -0.1) is 21.9 Å². The largest absolute Gasteiger partial charge is 0.335 e. The van der Waals surface area contributed by atoms with Gasteiger partial charge in [0.2, 0.25) is 0 Å². The molecule has 10 heteroatoms. The minimum absolute atomic E-state index is 0.658. The predicted molar refractivity (Wildman–Crippen MR) is 170 cm³/mol. The monoisotopic (exact) mass is 649 g/mol. The first-order valence-corrected chi connectivity index (χ1v) is 15.8. The summed E-state index contributed by atoms with van der Waals surface area (Å²) in [6, 6.07) is 8.83. The molecule has 4 aromatic carbocycles. The number of hydrogen-bond acceptors (Lipinski definition) is 0. The van der Waals surface area contributed by atoms with Gasteiger partial charge in [-0.25, -0.2) is 35.1 Å². The molecule has 0 aliphatic rings. The Morgan fingerprint density at radius 2 is 0.587 bits per heavy atom. The molecule has 1 N–H and O–H groups in total. The average Bonchev–Trinajstić information content (AvgIpc) is 3.00. The van der Waals surface area contributed by atoms with E-state index in [1.807, 2.05) is 4.90 Å². The number of rotatable bonds is 13. The van der Waals surface area contributed by atoms with Crippen LogP contribution in [0.15, 0.2) is 72.8 Å². The van der Waals surface area contributed by atoms with Crippen molar-refractivity contribution in [2.75, 3.05) is 19.6 Å². The average molecular weight is 650 g/mol. The molecule has 0 saturated carbocycles. The quantitative estimate of drug-likeness (QED) is 0.126. The van der Waals surface area contributed by atoms with Gasteiger partial charge in [0.25, 0.3) is 0 Å². The SMILES string of the molecule is CCCC[NH+](CCCC)CCCC.Fc1cccc(F)c1[B-](c1c(F)cccc1F)(c1c(F)cccc1F)c1c(F)cccc1F. The lowest BCUT2D eigenvalue weighted by atomic mass is 9.12. The van der Waals surface area contributed by atoms with Gasteiger partial charge in [0.05, 0.1) is 66.2 Å². The summed E-state index contributed by atoms with van der Waals surface area (Å²) in [6.45, 7) is 11.1. The van der Waals surface area contributed by atoms with Gasteiger partial charge in [-0.2, -0.15) is 0 Å². The lowest BCUT2D eigenvalue weighted by molar-refractivity contribution is -0.900. The van der Waals surface area contributed by atoms with Crippen molar-refractivity contribution in [2.24, 2.45) is 0 Å². The van der Waals surface area contributed by atoms with Gasteiger partial charge in [0, 0.05) is 0 Å². The molecule has 4 rings (SSSR count). The van der Waals surface area contributed by atoms with E-state index in [0.717, 1.165) is 24.3 Å². The zero-order valence-electron chi connectivity index (χ0n) is 26.4. The highest BCUT2D eigenvalue weighted by Gasteiger charge is 2.45. The fourth-order valence-corrected chi connectivity index (χ4v) is 6.22. The third kappa shape index (κ3) is 8.00. The van der Waals surface area contributed by atoms with Crippen molar-refractivity contribution < 1.29 is 40.0 Å². The van der Waals surface area contributed by atoms with Crippen molar-refractivity contribution >= 4 is 28.0 Å². The molecule has 0 amide bonds. The molecular formula is C36H40BF8N. The van der Waals surface area contributed by atoms with Crippen LogP contribution in [0.4, 0.5) is 35.1 Å². The topological polar surface area (TPSA) is 4.44 Å². The molecule has 0 aliphatic heterocycles. The molecule has 46 heavy (non-hydrogen) atoms. The maximum Gasteiger partial charge on any atom is 0.136 e. The van der Waals surface area contributed by atoms with Gasteiger partial charge < -0.3 is 4.90 Å². The molecule has 0 fully saturated rings. The van der Waals surface area contributed by atoms with Crippen LogP contribution in [0.1, 0.15) is 59.3 Å².